The fourth-order valence-electron chi connectivity index (χ4n) is 4.36. The van der Waals surface area contributed by atoms with Crippen molar-refractivity contribution in [2.45, 2.75) is 37.9 Å². The van der Waals surface area contributed by atoms with Gasteiger partial charge in [0.15, 0.2) is 17.5 Å². The summed E-state index contributed by atoms with van der Waals surface area (Å²) >= 11 is 0. The number of carbonyl (C=O) groups is 3. The Balaban J connectivity index is 1.31. The van der Waals surface area contributed by atoms with Gasteiger partial charge in [-0.3, -0.25) is 14.7 Å². The number of ether oxygens (including phenoxy) is 3. The number of aliphatic carboxylic acids is 1. The van der Waals surface area contributed by atoms with Crippen LogP contribution in [0.15, 0.2) is 36.8 Å². The lowest BCUT2D eigenvalue weighted by molar-refractivity contribution is -0.386. The summed E-state index contributed by atoms with van der Waals surface area (Å²) < 4.78 is 17.5. The monoisotopic (exact) mass is 601 g/mol. The highest BCUT2D eigenvalue weighted by Crippen LogP contribution is 2.32. The summed E-state index contributed by atoms with van der Waals surface area (Å²) in [6.07, 6.45) is -1.50. The number of aliphatic hydroxyl groups is 1. The molecule has 1 saturated heterocycles. The van der Waals surface area contributed by atoms with Crippen LogP contribution in [0, 0.1) is 10.1 Å². The zero-order valence-corrected chi connectivity index (χ0v) is 23.6. The second-order valence-electron chi connectivity index (χ2n) is 9.77. The number of nitro groups is 1. The van der Waals surface area contributed by atoms with Gasteiger partial charge in [-0.25, -0.2) is 24.4 Å². The van der Waals surface area contributed by atoms with E-state index in [1.807, 2.05) is 0 Å². The number of rotatable bonds is 10. The predicted octanol–water partition coefficient (Wildman–Crippen LogP) is 1.88. The molecular weight excluding hydrogens is 570 g/mol. The fourth-order valence-corrected chi connectivity index (χ4v) is 4.36. The smallest absolute Gasteiger partial charge is 0.409 e. The first-order valence-electron chi connectivity index (χ1n) is 13.1. The minimum atomic E-state index is -1.31. The Bertz CT molecular complexity index is 1510. The largest absolute Gasteiger partial charge is 0.479 e. The molecule has 1 aliphatic rings. The topological polar surface area (TPSA) is 212 Å². The highest BCUT2D eigenvalue weighted by molar-refractivity contribution is 5.94. The third-order valence-electron chi connectivity index (χ3n) is 6.72. The summed E-state index contributed by atoms with van der Waals surface area (Å²) in [6.45, 7) is 0.0163. The molecule has 1 aliphatic heterocycles. The van der Waals surface area contributed by atoms with Gasteiger partial charge in [-0.15, -0.1) is 0 Å². The van der Waals surface area contributed by atoms with E-state index in [-0.39, 0.29) is 44.3 Å². The molecule has 0 aliphatic carbocycles. The summed E-state index contributed by atoms with van der Waals surface area (Å²) in [6, 6.07) is 5.25. The standard InChI is InChI=1S/C26H31N7O10/c1-27-22-17-6-7-32(23(17)29-14-28-22)25(37)30(2)8-9-31(3)26(38)41-13-15-4-5-19(18(10-15)33(39)40)42-21-12-16(34)11-20(43-21)24(35)36/h4-7,10,14,16,20-21,34H,8-9,11-13H2,1-3H3,(H,35,36)(H,27,28,29)/t16-,20-,21+/m0/s1. The Hall–Kier alpha value is -5.03. The van der Waals surface area contributed by atoms with Crippen molar-refractivity contribution in [2.75, 3.05) is 39.5 Å². The summed E-state index contributed by atoms with van der Waals surface area (Å²) in [4.78, 5) is 58.7. The maximum atomic E-state index is 13.0. The average Bonchev–Trinajstić information content (AvgIpc) is 3.42. The molecule has 0 unspecified atom stereocenters. The number of amides is 2. The highest BCUT2D eigenvalue weighted by Gasteiger charge is 2.35. The number of aromatic nitrogens is 3. The lowest BCUT2D eigenvalue weighted by Crippen LogP contribution is -2.42. The third-order valence-corrected chi connectivity index (χ3v) is 6.72. The van der Waals surface area contributed by atoms with Crippen molar-refractivity contribution in [3.8, 4) is 5.75 Å². The Morgan fingerprint density at radius 2 is 1.93 bits per heavy atom. The number of carbonyl (C=O) groups excluding carboxylic acids is 2. The lowest BCUT2D eigenvalue weighted by atomic mass is 10.1. The summed E-state index contributed by atoms with van der Waals surface area (Å²) in [5.74, 6) is -0.895. The van der Waals surface area contributed by atoms with Crippen LogP contribution >= 0.6 is 0 Å². The maximum Gasteiger partial charge on any atom is 0.409 e. The van der Waals surface area contributed by atoms with E-state index in [0.717, 1.165) is 6.07 Å². The van der Waals surface area contributed by atoms with E-state index in [9.17, 15) is 29.6 Å². The third kappa shape index (κ3) is 7.25. The molecule has 1 aromatic carbocycles. The van der Waals surface area contributed by atoms with Crippen molar-refractivity contribution < 1.29 is 43.7 Å². The van der Waals surface area contributed by atoms with Gasteiger partial charge in [0.25, 0.3) is 0 Å². The van der Waals surface area contributed by atoms with Gasteiger partial charge >= 0.3 is 23.8 Å². The molecule has 3 N–H and O–H groups in total. The normalized spacial score (nSPS) is 18.1. The summed E-state index contributed by atoms with van der Waals surface area (Å²) in [7, 11) is 4.78. The van der Waals surface area contributed by atoms with E-state index in [0.29, 0.717) is 22.4 Å². The molecule has 0 spiro atoms. The van der Waals surface area contributed by atoms with Crippen LogP contribution < -0.4 is 10.1 Å². The van der Waals surface area contributed by atoms with Gasteiger partial charge < -0.3 is 39.5 Å². The number of benzene rings is 1. The van der Waals surface area contributed by atoms with Crippen LogP contribution in [-0.2, 0) is 20.9 Å². The molecule has 3 heterocycles. The molecule has 17 heteroatoms. The average molecular weight is 602 g/mol. The number of nitrogens with zero attached hydrogens (tertiary/aromatic N) is 6. The van der Waals surface area contributed by atoms with Crippen molar-refractivity contribution in [2.24, 2.45) is 0 Å². The van der Waals surface area contributed by atoms with Crippen molar-refractivity contribution in [3.63, 3.8) is 0 Å². The van der Waals surface area contributed by atoms with E-state index >= 15 is 0 Å². The van der Waals surface area contributed by atoms with E-state index in [4.69, 9.17) is 19.3 Å². The molecule has 3 aromatic rings. The molecular formula is C26H31N7O10. The highest BCUT2D eigenvalue weighted by atomic mass is 16.7. The van der Waals surface area contributed by atoms with E-state index < -0.39 is 41.2 Å². The predicted molar refractivity (Wildman–Crippen MR) is 149 cm³/mol. The van der Waals surface area contributed by atoms with Crippen molar-refractivity contribution in [1.82, 2.24) is 24.3 Å². The van der Waals surface area contributed by atoms with Crippen molar-refractivity contribution in [3.05, 3.63) is 52.5 Å². The van der Waals surface area contributed by atoms with Gasteiger partial charge in [-0.2, -0.15) is 0 Å². The number of hydrogen-bond donors (Lipinski definition) is 3. The Morgan fingerprint density at radius 3 is 2.63 bits per heavy atom. The Kier molecular flexibility index (Phi) is 9.56. The van der Waals surface area contributed by atoms with Gasteiger partial charge in [-0.05, 0) is 17.7 Å². The molecule has 17 nitrogen and oxygen atoms in total. The molecule has 4 rings (SSSR count). The SMILES string of the molecule is CNc1ncnc2c1ccn2C(=O)N(C)CCN(C)C(=O)OCc1ccc(O[C@H]2C[C@@H](O)C[C@@H](C(=O)O)O2)c([N+](=O)[O-])c1. The van der Waals surface area contributed by atoms with Crippen LogP contribution in [-0.4, -0.2) is 110 Å². The molecule has 2 amide bonds. The molecule has 0 radical (unpaired) electrons. The Morgan fingerprint density at radius 1 is 1.19 bits per heavy atom. The zero-order valence-electron chi connectivity index (χ0n) is 23.6. The van der Waals surface area contributed by atoms with Crippen molar-refractivity contribution in [1.29, 1.82) is 0 Å². The quantitative estimate of drug-likeness (QED) is 0.224. The minimum Gasteiger partial charge on any atom is -0.479 e. The van der Waals surface area contributed by atoms with Gasteiger partial charge in [-0.1, -0.05) is 6.07 Å². The van der Waals surface area contributed by atoms with E-state index in [1.54, 1.807) is 26.4 Å². The van der Waals surface area contributed by atoms with Crippen LogP contribution in [0.3, 0.4) is 0 Å². The number of carboxylic acids is 1. The number of hydrogen-bond acceptors (Lipinski definition) is 12. The molecule has 230 valence electrons. The van der Waals surface area contributed by atoms with Crippen LogP contribution in [0.2, 0.25) is 0 Å². The van der Waals surface area contributed by atoms with Gasteiger partial charge in [0.05, 0.1) is 16.4 Å². The molecule has 2 aromatic heterocycles. The number of nitro benzene ring substituents is 1. The van der Waals surface area contributed by atoms with Crippen LogP contribution in [0.25, 0.3) is 11.0 Å². The van der Waals surface area contributed by atoms with Gasteiger partial charge in [0.2, 0.25) is 6.29 Å². The summed E-state index contributed by atoms with van der Waals surface area (Å²) in [5.41, 5.74) is 0.272. The lowest BCUT2D eigenvalue weighted by Gasteiger charge is -2.30. The van der Waals surface area contributed by atoms with Crippen LogP contribution in [0.5, 0.6) is 5.75 Å². The van der Waals surface area contributed by atoms with E-state index in [1.165, 1.54) is 39.9 Å². The number of carboxylic acid groups (broad SMARTS) is 1. The second kappa shape index (κ2) is 13.3. The Labute approximate surface area is 244 Å². The van der Waals surface area contributed by atoms with Crippen LogP contribution in [0.4, 0.5) is 21.1 Å². The summed E-state index contributed by atoms with van der Waals surface area (Å²) in [5, 5.41) is 34.4. The number of fused-ring (bicyclic) bond motifs is 1. The first kappa shape index (κ1) is 30.9. The first-order valence-corrected chi connectivity index (χ1v) is 13.1. The zero-order chi connectivity index (χ0) is 31.3. The number of aliphatic hydroxyl groups excluding tert-OH is 1. The molecule has 0 saturated carbocycles. The molecule has 3 atom stereocenters. The van der Waals surface area contributed by atoms with Crippen molar-refractivity contribution >= 4 is 40.6 Å². The van der Waals surface area contributed by atoms with Gasteiger partial charge in [0, 0.05) is 59.3 Å². The minimum absolute atomic E-state index is 0.0684. The molecule has 1 fully saturated rings. The maximum absolute atomic E-state index is 13.0. The van der Waals surface area contributed by atoms with Crippen LogP contribution in [0.1, 0.15) is 18.4 Å². The number of anilines is 1. The fraction of sp³-hybridized carbons (Fsp3) is 0.423. The molecule has 43 heavy (non-hydrogen) atoms. The molecule has 0 bridgehead atoms. The van der Waals surface area contributed by atoms with E-state index in [2.05, 4.69) is 15.3 Å². The van der Waals surface area contributed by atoms with Gasteiger partial charge in [0.1, 0.15) is 18.8 Å². The second-order valence-corrected chi connectivity index (χ2v) is 9.77. The number of likely N-dealkylation sites (N-methyl/N-ethyl adjacent to an activating group) is 2. The number of nitrogens with one attached hydrogen (secondary N) is 1. The first-order chi connectivity index (χ1) is 20.5.